The molecule has 0 saturated heterocycles. The lowest BCUT2D eigenvalue weighted by Crippen LogP contribution is -2.54. The number of ether oxygens (including phenoxy) is 1. The lowest BCUT2D eigenvalue weighted by Gasteiger charge is -2.33. The zero-order valence-electron chi connectivity index (χ0n) is 18.4. The summed E-state index contributed by atoms with van der Waals surface area (Å²) < 4.78 is 5.25. The first kappa shape index (κ1) is 21.4. The third kappa shape index (κ3) is 4.74. The number of hydrogen-bond donors (Lipinski definition) is 3. The summed E-state index contributed by atoms with van der Waals surface area (Å²) in [6.07, 6.45) is 9.91. The molecule has 3 aromatic rings. The molecule has 1 aliphatic rings. The van der Waals surface area contributed by atoms with Gasteiger partial charge in [-0.15, -0.1) is 0 Å². The van der Waals surface area contributed by atoms with Gasteiger partial charge in [0.05, 0.1) is 30.6 Å². The van der Waals surface area contributed by atoms with Crippen molar-refractivity contribution in [1.29, 1.82) is 0 Å². The maximum atomic E-state index is 13.4. The zero-order valence-corrected chi connectivity index (χ0v) is 18.4. The van der Waals surface area contributed by atoms with Crippen LogP contribution in [0.1, 0.15) is 56.3 Å². The third-order valence-corrected chi connectivity index (χ3v) is 6.47. The monoisotopic (exact) mass is 420 g/mol. The van der Waals surface area contributed by atoms with Crippen LogP contribution in [-0.4, -0.2) is 28.5 Å². The van der Waals surface area contributed by atoms with E-state index in [2.05, 4.69) is 21.4 Å². The second kappa shape index (κ2) is 9.10. The van der Waals surface area contributed by atoms with Gasteiger partial charge in [-0.05, 0) is 49.4 Å². The van der Waals surface area contributed by atoms with Crippen LogP contribution in [0.4, 0.5) is 0 Å². The summed E-state index contributed by atoms with van der Waals surface area (Å²) in [5, 5.41) is 4.37. The molecule has 2 atom stereocenters. The van der Waals surface area contributed by atoms with Crippen molar-refractivity contribution in [3.8, 4) is 5.75 Å². The van der Waals surface area contributed by atoms with E-state index in [4.69, 9.17) is 10.5 Å². The van der Waals surface area contributed by atoms with Crippen LogP contribution in [0.3, 0.4) is 0 Å². The van der Waals surface area contributed by atoms with Crippen LogP contribution >= 0.6 is 0 Å². The molecule has 2 unspecified atom stereocenters. The zero-order chi connectivity index (χ0) is 21.8. The molecule has 2 heterocycles. The van der Waals surface area contributed by atoms with Crippen molar-refractivity contribution in [2.75, 3.05) is 7.11 Å². The first-order valence-corrected chi connectivity index (χ1v) is 11.1. The normalized spacial score (nSPS) is 17.8. The Morgan fingerprint density at radius 3 is 2.74 bits per heavy atom. The van der Waals surface area contributed by atoms with Crippen LogP contribution in [-0.2, 0) is 11.2 Å². The van der Waals surface area contributed by atoms with E-state index < -0.39 is 5.54 Å². The number of rotatable bonds is 7. The number of carbonyl (C=O) groups is 1. The molecule has 6 heteroatoms. The summed E-state index contributed by atoms with van der Waals surface area (Å²) in [4.78, 5) is 21.2. The Labute approximate surface area is 183 Å². The predicted octanol–water partition coefficient (Wildman–Crippen LogP) is 4.27. The minimum absolute atomic E-state index is 0.147. The van der Waals surface area contributed by atoms with Gasteiger partial charge in [-0.2, -0.15) is 0 Å². The van der Waals surface area contributed by atoms with Gasteiger partial charge in [-0.25, -0.2) is 0 Å². The number of amides is 1. The average Bonchev–Trinajstić information content (AvgIpc) is 3.20. The van der Waals surface area contributed by atoms with Crippen molar-refractivity contribution in [2.24, 2.45) is 11.7 Å². The third-order valence-electron chi connectivity index (χ3n) is 6.47. The number of nitrogens with zero attached hydrogens (tertiary/aromatic N) is 1. The topological polar surface area (TPSA) is 93.0 Å². The number of pyridine rings is 1. The van der Waals surface area contributed by atoms with E-state index in [1.807, 2.05) is 43.5 Å². The van der Waals surface area contributed by atoms with E-state index in [-0.39, 0.29) is 11.9 Å². The highest BCUT2D eigenvalue weighted by atomic mass is 16.5. The molecule has 0 bridgehead atoms. The summed E-state index contributed by atoms with van der Waals surface area (Å²) in [5.74, 6) is 0.925. The van der Waals surface area contributed by atoms with Gasteiger partial charge < -0.3 is 20.8 Å². The molecule has 0 aliphatic heterocycles. The van der Waals surface area contributed by atoms with Crippen LogP contribution in [0.15, 0.2) is 48.8 Å². The van der Waals surface area contributed by atoms with Crippen LogP contribution in [0, 0.1) is 5.92 Å². The molecular weight excluding hydrogens is 388 g/mol. The number of carbonyl (C=O) groups excluding carboxylic acids is 1. The molecule has 2 aromatic heterocycles. The fourth-order valence-electron chi connectivity index (χ4n) is 4.66. The number of H-pyrrole nitrogens is 1. The molecule has 0 spiro atoms. The lowest BCUT2D eigenvalue weighted by atomic mass is 9.82. The minimum Gasteiger partial charge on any atom is -0.495 e. The van der Waals surface area contributed by atoms with E-state index in [1.165, 1.54) is 19.3 Å². The van der Waals surface area contributed by atoms with Crippen molar-refractivity contribution in [2.45, 2.75) is 57.0 Å². The van der Waals surface area contributed by atoms with Crippen molar-refractivity contribution in [1.82, 2.24) is 15.3 Å². The Morgan fingerprint density at radius 1 is 1.26 bits per heavy atom. The Hall–Kier alpha value is -2.86. The van der Waals surface area contributed by atoms with Crippen LogP contribution < -0.4 is 15.8 Å². The van der Waals surface area contributed by atoms with Gasteiger partial charge in [-0.1, -0.05) is 37.5 Å². The summed E-state index contributed by atoms with van der Waals surface area (Å²) in [7, 11) is 1.63. The Morgan fingerprint density at radius 2 is 2.03 bits per heavy atom. The van der Waals surface area contributed by atoms with Crippen LogP contribution in [0.5, 0.6) is 5.75 Å². The molecule has 4 rings (SSSR count). The van der Waals surface area contributed by atoms with Crippen molar-refractivity contribution in [3.63, 3.8) is 0 Å². The van der Waals surface area contributed by atoms with Gasteiger partial charge in [0.25, 0.3) is 0 Å². The number of nitrogens with one attached hydrogen (secondary N) is 2. The highest BCUT2D eigenvalue weighted by molar-refractivity contribution is 5.88. The predicted molar refractivity (Wildman–Crippen MR) is 123 cm³/mol. The molecule has 0 radical (unpaired) electrons. The molecular formula is C25H32N4O2. The molecule has 4 N–H and O–H groups in total. The summed E-state index contributed by atoms with van der Waals surface area (Å²) >= 11 is 0. The molecule has 1 aliphatic carbocycles. The number of hydrogen-bond acceptors (Lipinski definition) is 4. The van der Waals surface area contributed by atoms with Gasteiger partial charge in [0, 0.05) is 23.5 Å². The smallest absolute Gasteiger partial charge is 0.240 e. The molecule has 1 aromatic carbocycles. The molecule has 1 amide bonds. The largest absolute Gasteiger partial charge is 0.495 e. The molecule has 1 fully saturated rings. The van der Waals surface area contributed by atoms with Crippen molar-refractivity contribution >= 4 is 16.8 Å². The number of fused-ring (bicyclic) bond motifs is 1. The van der Waals surface area contributed by atoms with Gasteiger partial charge in [-0.3, -0.25) is 9.78 Å². The first-order valence-electron chi connectivity index (χ1n) is 11.1. The summed E-state index contributed by atoms with van der Waals surface area (Å²) in [6.45, 7) is 1.81. The van der Waals surface area contributed by atoms with E-state index in [9.17, 15) is 4.79 Å². The number of benzene rings is 1. The number of aromatic amines is 1. The second-order valence-corrected chi connectivity index (χ2v) is 8.93. The van der Waals surface area contributed by atoms with E-state index in [1.54, 1.807) is 13.3 Å². The Kier molecular flexibility index (Phi) is 6.28. The van der Waals surface area contributed by atoms with Crippen molar-refractivity contribution < 1.29 is 9.53 Å². The minimum atomic E-state index is -1.04. The van der Waals surface area contributed by atoms with Crippen LogP contribution in [0.2, 0.25) is 0 Å². The van der Waals surface area contributed by atoms with Gasteiger partial charge in [0.1, 0.15) is 5.75 Å². The SMILES string of the molecule is COc1ccc(C(NC(=O)C(C)(N)Cc2c[nH]c3ccccc23)C2CCCCC2)nc1. The first-order chi connectivity index (χ1) is 15.0. The van der Waals surface area contributed by atoms with Gasteiger partial charge in [0.2, 0.25) is 5.91 Å². The Bertz CT molecular complexity index is 1020. The van der Waals surface area contributed by atoms with Gasteiger partial charge in [0.15, 0.2) is 0 Å². The molecule has 1 saturated carbocycles. The summed E-state index contributed by atoms with van der Waals surface area (Å²) in [5.41, 5.74) is 8.51. The molecule has 164 valence electrons. The van der Waals surface area contributed by atoms with Gasteiger partial charge >= 0.3 is 0 Å². The van der Waals surface area contributed by atoms with E-state index in [0.717, 1.165) is 35.0 Å². The number of aromatic nitrogens is 2. The van der Waals surface area contributed by atoms with E-state index in [0.29, 0.717) is 18.1 Å². The maximum Gasteiger partial charge on any atom is 0.240 e. The highest BCUT2D eigenvalue weighted by Crippen LogP contribution is 2.34. The fourth-order valence-corrected chi connectivity index (χ4v) is 4.66. The maximum absolute atomic E-state index is 13.4. The van der Waals surface area contributed by atoms with Crippen LogP contribution in [0.25, 0.3) is 10.9 Å². The Balaban J connectivity index is 1.55. The summed E-state index contributed by atoms with van der Waals surface area (Å²) in [6, 6.07) is 11.8. The quantitative estimate of drug-likeness (QED) is 0.532. The number of methoxy groups -OCH3 is 1. The fraction of sp³-hybridized carbons (Fsp3) is 0.440. The molecule has 31 heavy (non-hydrogen) atoms. The number of nitrogens with two attached hydrogens (primary N) is 1. The average molecular weight is 421 g/mol. The van der Waals surface area contributed by atoms with E-state index >= 15 is 0 Å². The van der Waals surface area contributed by atoms with Crippen molar-refractivity contribution in [3.05, 3.63) is 60.0 Å². The standard InChI is InChI=1S/C25H32N4O2/c1-25(26,14-18-15-27-21-11-7-6-10-20(18)21)24(30)29-23(17-8-4-3-5-9-17)22-13-12-19(31-2)16-28-22/h6-7,10-13,15-17,23,27H,3-5,8-9,14,26H2,1-2H3,(H,29,30). The second-order valence-electron chi connectivity index (χ2n) is 8.93. The lowest BCUT2D eigenvalue weighted by molar-refractivity contribution is -0.127. The number of para-hydroxylation sites is 1. The highest BCUT2D eigenvalue weighted by Gasteiger charge is 2.34. The molecule has 6 nitrogen and oxygen atoms in total.